The number of hydrogen-bond acceptors (Lipinski definition) is 3. The minimum Gasteiger partial charge on any atom is -0.352 e. The Bertz CT molecular complexity index is 1060. The zero-order chi connectivity index (χ0) is 22.8. The van der Waals surface area contributed by atoms with Gasteiger partial charge in [0.05, 0.1) is 0 Å². The summed E-state index contributed by atoms with van der Waals surface area (Å²) < 4.78 is 13.7. The first-order valence-corrected chi connectivity index (χ1v) is 11.0. The van der Waals surface area contributed by atoms with E-state index in [9.17, 15) is 18.8 Å². The van der Waals surface area contributed by atoms with Crippen molar-refractivity contribution in [2.45, 2.75) is 39.2 Å². The van der Waals surface area contributed by atoms with Crippen molar-refractivity contribution in [3.8, 4) is 0 Å². The highest BCUT2D eigenvalue weighted by Gasteiger charge is 2.29. The van der Waals surface area contributed by atoms with E-state index < -0.39 is 0 Å². The SMILES string of the molecule is Cc1ccc(CNC(=O)C2CCN(C(=O)c3ccc4c(c3)CCC(=O)N4C)CC2)cc1F. The zero-order valence-electron chi connectivity index (χ0n) is 18.5. The number of carbonyl (C=O) groups excluding carboxylic acids is 3. The lowest BCUT2D eigenvalue weighted by atomic mass is 9.94. The summed E-state index contributed by atoms with van der Waals surface area (Å²) in [6.07, 6.45) is 2.30. The maximum atomic E-state index is 13.7. The summed E-state index contributed by atoms with van der Waals surface area (Å²) in [5.41, 5.74) is 3.81. The molecule has 1 N–H and O–H groups in total. The quantitative estimate of drug-likeness (QED) is 0.799. The van der Waals surface area contributed by atoms with Gasteiger partial charge in [-0.2, -0.15) is 0 Å². The fraction of sp³-hybridized carbons (Fsp3) is 0.400. The summed E-state index contributed by atoms with van der Waals surface area (Å²) in [5, 5.41) is 2.89. The maximum absolute atomic E-state index is 13.7. The third-order valence-corrected chi connectivity index (χ3v) is 6.53. The minimum atomic E-state index is -0.274. The van der Waals surface area contributed by atoms with Gasteiger partial charge < -0.3 is 15.1 Å². The van der Waals surface area contributed by atoms with E-state index >= 15 is 0 Å². The van der Waals surface area contributed by atoms with Crippen molar-refractivity contribution in [1.29, 1.82) is 0 Å². The number of amides is 3. The van der Waals surface area contributed by atoms with Crippen LogP contribution in [0.25, 0.3) is 0 Å². The monoisotopic (exact) mass is 437 g/mol. The van der Waals surface area contributed by atoms with Crippen LogP contribution in [0.15, 0.2) is 36.4 Å². The molecule has 0 atom stereocenters. The highest BCUT2D eigenvalue weighted by Crippen LogP contribution is 2.28. The van der Waals surface area contributed by atoms with Crippen LogP contribution in [0.4, 0.5) is 10.1 Å². The number of likely N-dealkylation sites (tertiary alicyclic amines) is 1. The number of fused-ring (bicyclic) bond motifs is 1. The lowest BCUT2D eigenvalue weighted by Crippen LogP contribution is -2.43. The third-order valence-electron chi connectivity index (χ3n) is 6.53. The number of nitrogens with zero attached hydrogens (tertiary/aromatic N) is 2. The number of halogens is 1. The van der Waals surface area contributed by atoms with E-state index in [-0.39, 0.29) is 29.5 Å². The standard InChI is InChI=1S/C25H28FN3O3/c1-16-3-4-17(13-21(16)26)15-27-24(31)18-9-11-29(12-10-18)25(32)20-5-7-22-19(14-20)6-8-23(30)28(22)2/h3-5,7,13-14,18H,6,8-12,15H2,1-2H3,(H,27,31). The number of carbonyl (C=O) groups is 3. The van der Waals surface area contributed by atoms with Crippen LogP contribution in [0.5, 0.6) is 0 Å². The van der Waals surface area contributed by atoms with Gasteiger partial charge in [-0.1, -0.05) is 12.1 Å². The van der Waals surface area contributed by atoms with E-state index in [1.165, 1.54) is 6.07 Å². The Kier molecular flexibility index (Phi) is 6.26. The van der Waals surface area contributed by atoms with Gasteiger partial charge in [0.2, 0.25) is 11.8 Å². The zero-order valence-corrected chi connectivity index (χ0v) is 18.5. The van der Waals surface area contributed by atoms with Crippen molar-refractivity contribution in [3.05, 3.63) is 64.5 Å². The Labute approximate surface area is 187 Å². The molecule has 168 valence electrons. The molecular formula is C25H28FN3O3. The molecule has 1 saturated heterocycles. The van der Waals surface area contributed by atoms with Gasteiger partial charge in [0.25, 0.3) is 5.91 Å². The van der Waals surface area contributed by atoms with E-state index in [0.29, 0.717) is 56.4 Å². The molecule has 7 heteroatoms. The fourth-order valence-electron chi connectivity index (χ4n) is 4.40. The molecule has 1 fully saturated rings. The molecule has 0 aliphatic carbocycles. The summed E-state index contributed by atoms with van der Waals surface area (Å²) in [5.74, 6) is -0.438. The average Bonchev–Trinajstić information content (AvgIpc) is 2.81. The molecule has 2 aromatic carbocycles. The molecule has 0 saturated carbocycles. The smallest absolute Gasteiger partial charge is 0.253 e. The molecule has 2 aromatic rings. The van der Waals surface area contributed by atoms with Crippen LogP contribution in [0.3, 0.4) is 0 Å². The fourth-order valence-corrected chi connectivity index (χ4v) is 4.40. The number of nitrogens with one attached hydrogen (secondary N) is 1. The molecular weight excluding hydrogens is 409 g/mol. The van der Waals surface area contributed by atoms with E-state index in [4.69, 9.17) is 0 Å². The third kappa shape index (κ3) is 4.52. The summed E-state index contributed by atoms with van der Waals surface area (Å²) >= 11 is 0. The van der Waals surface area contributed by atoms with E-state index in [1.807, 2.05) is 18.2 Å². The van der Waals surface area contributed by atoms with Gasteiger partial charge in [0.1, 0.15) is 5.82 Å². The van der Waals surface area contributed by atoms with Gasteiger partial charge in [0, 0.05) is 50.3 Å². The minimum absolute atomic E-state index is 0.0404. The molecule has 0 spiro atoms. The predicted octanol–water partition coefficient (Wildman–Crippen LogP) is 3.21. The number of piperidine rings is 1. The normalized spacial score (nSPS) is 16.7. The van der Waals surface area contributed by atoms with Crippen LogP contribution in [0, 0.1) is 18.7 Å². The van der Waals surface area contributed by atoms with Crippen molar-refractivity contribution in [2.75, 3.05) is 25.0 Å². The van der Waals surface area contributed by atoms with Crippen molar-refractivity contribution >= 4 is 23.4 Å². The highest BCUT2D eigenvalue weighted by molar-refractivity contribution is 5.99. The molecule has 2 heterocycles. The summed E-state index contributed by atoms with van der Waals surface area (Å²) in [6, 6.07) is 10.5. The summed E-state index contributed by atoms with van der Waals surface area (Å²) in [6.45, 7) is 3.04. The Morgan fingerprint density at radius 1 is 1.09 bits per heavy atom. The number of rotatable bonds is 4. The predicted molar refractivity (Wildman–Crippen MR) is 120 cm³/mol. The van der Waals surface area contributed by atoms with Crippen molar-refractivity contribution < 1.29 is 18.8 Å². The lowest BCUT2D eigenvalue weighted by Gasteiger charge is -2.32. The van der Waals surface area contributed by atoms with Gasteiger partial charge >= 0.3 is 0 Å². The van der Waals surface area contributed by atoms with Crippen molar-refractivity contribution in [3.63, 3.8) is 0 Å². The van der Waals surface area contributed by atoms with Gasteiger partial charge in [-0.25, -0.2) is 4.39 Å². The molecule has 2 aliphatic rings. The molecule has 4 rings (SSSR count). The molecule has 3 amide bonds. The van der Waals surface area contributed by atoms with Gasteiger partial charge in [-0.05, 0) is 67.1 Å². The first-order chi connectivity index (χ1) is 15.3. The largest absolute Gasteiger partial charge is 0.352 e. The Balaban J connectivity index is 1.31. The lowest BCUT2D eigenvalue weighted by molar-refractivity contribution is -0.126. The topological polar surface area (TPSA) is 69.7 Å². The highest BCUT2D eigenvalue weighted by atomic mass is 19.1. The molecule has 0 aromatic heterocycles. The van der Waals surface area contributed by atoms with Crippen LogP contribution in [-0.2, 0) is 22.6 Å². The summed E-state index contributed by atoms with van der Waals surface area (Å²) in [7, 11) is 1.76. The molecule has 32 heavy (non-hydrogen) atoms. The Morgan fingerprint density at radius 2 is 1.84 bits per heavy atom. The molecule has 0 radical (unpaired) electrons. The van der Waals surface area contributed by atoms with Gasteiger partial charge in [-0.15, -0.1) is 0 Å². The summed E-state index contributed by atoms with van der Waals surface area (Å²) in [4.78, 5) is 40.8. The van der Waals surface area contributed by atoms with Gasteiger partial charge in [0.15, 0.2) is 0 Å². The van der Waals surface area contributed by atoms with Crippen LogP contribution < -0.4 is 10.2 Å². The molecule has 0 bridgehead atoms. The van der Waals surface area contributed by atoms with Crippen LogP contribution in [0.2, 0.25) is 0 Å². The van der Waals surface area contributed by atoms with E-state index in [1.54, 1.807) is 35.9 Å². The maximum Gasteiger partial charge on any atom is 0.253 e. The second-order valence-electron chi connectivity index (χ2n) is 8.66. The van der Waals surface area contributed by atoms with Crippen LogP contribution in [-0.4, -0.2) is 42.8 Å². The number of aryl methyl sites for hydroxylation is 2. The second kappa shape index (κ2) is 9.10. The second-order valence-corrected chi connectivity index (χ2v) is 8.66. The molecule has 2 aliphatic heterocycles. The van der Waals surface area contributed by atoms with Crippen LogP contribution in [0.1, 0.15) is 46.3 Å². The van der Waals surface area contributed by atoms with E-state index in [0.717, 1.165) is 16.8 Å². The van der Waals surface area contributed by atoms with E-state index in [2.05, 4.69) is 5.32 Å². The van der Waals surface area contributed by atoms with Crippen molar-refractivity contribution in [2.24, 2.45) is 5.92 Å². The van der Waals surface area contributed by atoms with Crippen molar-refractivity contribution in [1.82, 2.24) is 10.2 Å². The first-order valence-electron chi connectivity index (χ1n) is 11.0. The number of benzene rings is 2. The molecule has 6 nitrogen and oxygen atoms in total. The van der Waals surface area contributed by atoms with Crippen LogP contribution >= 0.6 is 0 Å². The molecule has 0 unspecified atom stereocenters. The Morgan fingerprint density at radius 3 is 2.56 bits per heavy atom. The number of anilines is 1. The first kappa shape index (κ1) is 22.0. The van der Waals surface area contributed by atoms with Gasteiger partial charge in [-0.3, -0.25) is 14.4 Å². The Hall–Kier alpha value is -3.22. The number of hydrogen-bond donors (Lipinski definition) is 1. The average molecular weight is 438 g/mol.